The van der Waals surface area contributed by atoms with Crippen LogP contribution in [0.4, 0.5) is 5.69 Å². The number of aromatic hydroxyl groups is 1. The third-order valence-corrected chi connectivity index (χ3v) is 5.28. The van der Waals surface area contributed by atoms with Crippen LogP contribution in [0.5, 0.6) is 28.7 Å². The molecule has 1 unspecified atom stereocenters. The van der Waals surface area contributed by atoms with Gasteiger partial charge in [-0.05, 0) is 48.9 Å². The van der Waals surface area contributed by atoms with Gasteiger partial charge in [0.15, 0.2) is 11.5 Å². The van der Waals surface area contributed by atoms with Gasteiger partial charge in [0.25, 0.3) is 0 Å². The van der Waals surface area contributed by atoms with E-state index in [9.17, 15) is 14.7 Å². The molecule has 0 aliphatic carbocycles. The minimum Gasteiger partial charge on any atom is -0.507 e. The number of hydrogen-bond donors (Lipinski definition) is 2. The molecule has 9 nitrogen and oxygen atoms in total. The maximum atomic E-state index is 13.0. The van der Waals surface area contributed by atoms with Crippen LogP contribution in [0.3, 0.4) is 0 Å². The highest BCUT2D eigenvalue weighted by molar-refractivity contribution is 5.91. The summed E-state index contributed by atoms with van der Waals surface area (Å²) in [6.07, 6.45) is -0.157. The van der Waals surface area contributed by atoms with Crippen molar-refractivity contribution in [1.29, 1.82) is 0 Å². The lowest BCUT2D eigenvalue weighted by Crippen LogP contribution is -2.21. The molecule has 2 N–H and O–H groups in total. The topological polar surface area (TPSA) is 116 Å². The summed E-state index contributed by atoms with van der Waals surface area (Å²) in [6, 6.07) is 11.5. The fourth-order valence-corrected chi connectivity index (χ4v) is 3.74. The number of ether oxygens (including phenoxy) is 4. The lowest BCUT2D eigenvalue weighted by molar-refractivity contribution is -0.116. The van der Waals surface area contributed by atoms with E-state index in [1.807, 2.05) is 0 Å². The van der Waals surface area contributed by atoms with Gasteiger partial charge < -0.3 is 33.8 Å². The Morgan fingerprint density at radius 1 is 1.12 bits per heavy atom. The highest BCUT2D eigenvalue weighted by atomic mass is 16.7. The van der Waals surface area contributed by atoms with Gasteiger partial charge in [-0.1, -0.05) is 0 Å². The van der Waals surface area contributed by atoms with Gasteiger partial charge in [0.05, 0.1) is 19.8 Å². The van der Waals surface area contributed by atoms with Crippen LogP contribution in [0.25, 0.3) is 0 Å². The number of anilines is 1. The van der Waals surface area contributed by atoms with Crippen molar-refractivity contribution in [3.63, 3.8) is 0 Å². The molecule has 1 amide bonds. The van der Waals surface area contributed by atoms with E-state index in [1.165, 1.54) is 13.2 Å². The maximum absolute atomic E-state index is 13.0. The first-order valence-electron chi connectivity index (χ1n) is 10.1. The van der Waals surface area contributed by atoms with Crippen LogP contribution in [-0.2, 0) is 4.79 Å². The molecule has 0 saturated heterocycles. The van der Waals surface area contributed by atoms with Crippen molar-refractivity contribution in [3.8, 4) is 28.7 Å². The average Bonchev–Trinajstić information content (AvgIpc) is 3.26. The van der Waals surface area contributed by atoms with E-state index in [-0.39, 0.29) is 36.2 Å². The first-order valence-corrected chi connectivity index (χ1v) is 10.1. The van der Waals surface area contributed by atoms with Gasteiger partial charge in [-0.3, -0.25) is 4.79 Å². The fraction of sp³-hybridized carbons (Fsp3) is 0.250. The summed E-state index contributed by atoms with van der Waals surface area (Å²) in [5.74, 6) is 0.666. The van der Waals surface area contributed by atoms with Gasteiger partial charge in [0, 0.05) is 24.1 Å². The Bertz CT molecular complexity index is 1230. The molecule has 172 valence electrons. The number of amides is 1. The molecule has 1 aromatic heterocycles. The van der Waals surface area contributed by atoms with Crippen molar-refractivity contribution in [2.45, 2.75) is 19.3 Å². The largest absolute Gasteiger partial charge is 0.507 e. The van der Waals surface area contributed by atoms with Crippen molar-refractivity contribution in [2.75, 3.05) is 26.3 Å². The summed E-state index contributed by atoms with van der Waals surface area (Å²) < 4.78 is 26.7. The zero-order valence-electron chi connectivity index (χ0n) is 18.3. The minimum atomic E-state index is -0.844. The first kappa shape index (κ1) is 22.1. The van der Waals surface area contributed by atoms with Gasteiger partial charge in [-0.25, -0.2) is 4.79 Å². The number of fused-ring (bicyclic) bond motifs is 1. The second kappa shape index (κ2) is 9.15. The lowest BCUT2D eigenvalue weighted by atomic mass is 9.88. The highest BCUT2D eigenvalue weighted by Crippen LogP contribution is 2.45. The van der Waals surface area contributed by atoms with Crippen LogP contribution < -0.4 is 29.9 Å². The van der Waals surface area contributed by atoms with Crippen LogP contribution in [0, 0.1) is 6.92 Å². The van der Waals surface area contributed by atoms with Crippen molar-refractivity contribution < 1.29 is 33.3 Å². The quantitative estimate of drug-likeness (QED) is 0.558. The van der Waals surface area contributed by atoms with Gasteiger partial charge in [-0.2, -0.15) is 0 Å². The molecule has 1 atom stereocenters. The SMILES string of the molecule is COc1ccc(NC(=O)CC(c2cc(OC)c3c(c2)OCO3)c2c(O)cc(C)oc2=O)cc1. The van der Waals surface area contributed by atoms with E-state index >= 15 is 0 Å². The van der Waals surface area contributed by atoms with Crippen LogP contribution in [-0.4, -0.2) is 32.0 Å². The third-order valence-electron chi connectivity index (χ3n) is 5.28. The Hall–Kier alpha value is -4.14. The Balaban J connectivity index is 1.72. The van der Waals surface area contributed by atoms with Gasteiger partial charge >= 0.3 is 5.63 Å². The van der Waals surface area contributed by atoms with Crippen LogP contribution in [0.1, 0.15) is 29.2 Å². The lowest BCUT2D eigenvalue weighted by Gasteiger charge is -2.19. The molecule has 2 aromatic carbocycles. The van der Waals surface area contributed by atoms with Crippen molar-refractivity contribution in [3.05, 3.63) is 69.8 Å². The minimum absolute atomic E-state index is 0.0235. The normalized spacial score (nSPS) is 12.8. The molecule has 9 heteroatoms. The number of benzene rings is 2. The van der Waals surface area contributed by atoms with Gasteiger partial charge in [0.2, 0.25) is 18.4 Å². The molecular formula is C24H23NO8. The molecule has 1 aliphatic heterocycles. The summed E-state index contributed by atoms with van der Waals surface area (Å²) in [6.45, 7) is 1.58. The summed E-state index contributed by atoms with van der Waals surface area (Å²) in [5.41, 5.74) is 0.313. The molecule has 4 rings (SSSR count). The van der Waals surface area contributed by atoms with Gasteiger partial charge in [0.1, 0.15) is 17.3 Å². The van der Waals surface area contributed by atoms with E-state index in [1.54, 1.807) is 50.4 Å². The molecule has 0 bridgehead atoms. The molecular weight excluding hydrogens is 430 g/mol. The van der Waals surface area contributed by atoms with E-state index in [4.69, 9.17) is 23.4 Å². The summed E-state index contributed by atoms with van der Waals surface area (Å²) >= 11 is 0. The predicted octanol–water partition coefficient (Wildman–Crippen LogP) is 3.56. The zero-order chi connectivity index (χ0) is 23.5. The molecule has 0 fully saturated rings. The highest BCUT2D eigenvalue weighted by Gasteiger charge is 2.29. The number of carbonyl (C=O) groups is 1. The second-order valence-corrected chi connectivity index (χ2v) is 7.43. The van der Waals surface area contributed by atoms with Crippen molar-refractivity contribution in [1.82, 2.24) is 0 Å². The molecule has 2 heterocycles. The van der Waals surface area contributed by atoms with E-state index in [0.717, 1.165) is 0 Å². The molecule has 0 spiro atoms. The predicted molar refractivity (Wildman–Crippen MR) is 119 cm³/mol. The maximum Gasteiger partial charge on any atom is 0.343 e. The van der Waals surface area contributed by atoms with E-state index < -0.39 is 11.5 Å². The van der Waals surface area contributed by atoms with Gasteiger partial charge in [-0.15, -0.1) is 0 Å². The Labute approximate surface area is 189 Å². The summed E-state index contributed by atoms with van der Waals surface area (Å²) in [7, 11) is 3.03. The molecule has 33 heavy (non-hydrogen) atoms. The van der Waals surface area contributed by atoms with Crippen molar-refractivity contribution in [2.24, 2.45) is 0 Å². The summed E-state index contributed by atoms with van der Waals surface area (Å²) in [4.78, 5) is 25.7. The monoisotopic (exact) mass is 453 g/mol. The third kappa shape index (κ3) is 4.57. The van der Waals surface area contributed by atoms with Crippen LogP contribution in [0.2, 0.25) is 0 Å². The number of methoxy groups -OCH3 is 2. The fourth-order valence-electron chi connectivity index (χ4n) is 3.74. The number of carbonyl (C=O) groups excluding carboxylic acids is 1. The van der Waals surface area contributed by atoms with E-state index in [0.29, 0.717) is 34.2 Å². The zero-order valence-corrected chi connectivity index (χ0v) is 18.3. The average molecular weight is 453 g/mol. The molecule has 3 aromatic rings. The smallest absolute Gasteiger partial charge is 0.343 e. The van der Waals surface area contributed by atoms with Crippen LogP contribution >= 0.6 is 0 Å². The Kier molecular flexibility index (Phi) is 6.12. The van der Waals surface area contributed by atoms with Crippen LogP contribution in [0.15, 0.2) is 51.7 Å². The second-order valence-electron chi connectivity index (χ2n) is 7.43. The molecule has 0 saturated carbocycles. The standard InChI is InChI=1S/C24H23NO8/c1-13-8-18(26)22(24(28)33-13)17(11-21(27)25-15-4-6-16(29-2)7-5-15)14-9-19(30-3)23-20(10-14)31-12-32-23/h4-10,17,26H,11-12H2,1-3H3,(H,25,27). The first-order chi connectivity index (χ1) is 15.9. The molecule has 0 radical (unpaired) electrons. The Morgan fingerprint density at radius 3 is 2.55 bits per heavy atom. The van der Waals surface area contributed by atoms with E-state index in [2.05, 4.69) is 5.32 Å². The number of rotatable bonds is 7. The summed E-state index contributed by atoms with van der Waals surface area (Å²) in [5, 5.41) is 13.4. The van der Waals surface area contributed by atoms with Crippen molar-refractivity contribution >= 4 is 11.6 Å². The number of nitrogens with one attached hydrogen (secondary N) is 1. The Morgan fingerprint density at radius 2 is 1.88 bits per heavy atom. The molecule has 1 aliphatic rings. The number of aryl methyl sites for hydroxylation is 1. The number of hydrogen-bond acceptors (Lipinski definition) is 8.